The van der Waals surface area contributed by atoms with Gasteiger partial charge in [-0.2, -0.15) is 13.2 Å². The van der Waals surface area contributed by atoms with Crippen molar-refractivity contribution in [1.29, 1.82) is 0 Å². The molecule has 3 nitrogen and oxygen atoms in total. The van der Waals surface area contributed by atoms with Crippen molar-refractivity contribution in [3.8, 4) is 11.3 Å². The molecule has 1 aromatic carbocycles. The molecule has 0 spiro atoms. The molecule has 6 heteroatoms. The van der Waals surface area contributed by atoms with Crippen LogP contribution in [-0.4, -0.2) is 4.98 Å². The Hall–Kier alpha value is -1.98. The molecule has 0 saturated carbocycles. The van der Waals surface area contributed by atoms with Gasteiger partial charge in [-0.05, 0) is 18.2 Å². The molecule has 0 bridgehead atoms. The van der Waals surface area contributed by atoms with Crippen LogP contribution in [0.4, 0.5) is 18.9 Å². The van der Waals surface area contributed by atoms with Gasteiger partial charge in [0.25, 0.3) is 0 Å². The number of oxazole rings is 1. The van der Waals surface area contributed by atoms with E-state index in [0.29, 0.717) is 0 Å². The van der Waals surface area contributed by atoms with Crippen LogP contribution >= 0.6 is 0 Å². The van der Waals surface area contributed by atoms with Crippen LogP contribution < -0.4 is 5.73 Å². The highest BCUT2D eigenvalue weighted by molar-refractivity contribution is 5.65. The number of aromatic nitrogens is 1. The Kier molecular flexibility index (Phi) is 2.34. The van der Waals surface area contributed by atoms with Gasteiger partial charge in [0.05, 0.1) is 11.8 Å². The van der Waals surface area contributed by atoms with Gasteiger partial charge in [0.2, 0.25) is 0 Å². The van der Waals surface area contributed by atoms with Crippen molar-refractivity contribution < 1.29 is 17.6 Å². The van der Waals surface area contributed by atoms with Crippen LogP contribution in [-0.2, 0) is 6.18 Å². The average Bonchev–Trinajstić information content (AvgIpc) is 2.69. The van der Waals surface area contributed by atoms with Crippen LogP contribution in [0.2, 0.25) is 0 Å². The van der Waals surface area contributed by atoms with Gasteiger partial charge in [-0.1, -0.05) is 0 Å². The summed E-state index contributed by atoms with van der Waals surface area (Å²) in [7, 11) is 0. The standard InChI is InChI=1S/C10H7F3N2O/c11-10(12,13)8-3-6(14)1-2-7(8)9-4-15-5-16-9/h1-5H,14H2. The van der Waals surface area contributed by atoms with E-state index in [1.54, 1.807) is 0 Å². The third-order valence-electron chi connectivity index (χ3n) is 2.05. The second kappa shape index (κ2) is 3.55. The molecule has 0 saturated heterocycles. The lowest BCUT2D eigenvalue weighted by atomic mass is 10.0. The summed E-state index contributed by atoms with van der Waals surface area (Å²) in [5.41, 5.74) is 4.48. The predicted molar refractivity (Wildman–Crippen MR) is 51.4 cm³/mol. The zero-order valence-electron chi connectivity index (χ0n) is 7.95. The Bertz CT molecular complexity index is 491. The second-order valence-corrected chi connectivity index (χ2v) is 3.17. The van der Waals surface area contributed by atoms with E-state index in [0.717, 1.165) is 12.5 Å². The fourth-order valence-corrected chi connectivity index (χ4v) is 1.36. The minimum Gasteiger partial charge on any atom is -0.444 e. The van der Waals surface area contributed by atoms with Crippen LogP contribution in [0.25, 0.3) is 11.3 Å². The minimum absolute atomic E-state index is 0.0515. The normalized spacial score (nSPS) is 11.7. The Morgan fingerprint density at radius 1 is 1.25 bits per heavy atom. The fourth-order valence-electron chi connectivity index (χ4n) is 1.36. The van der Waals surface area contributed by atoms with Crippen LogP contribution in [0, 0.1) is 0 Å². The number of alkyl halides is 3. The summed E-state index contributed by atoms with van der Waals surface area (Å²) >= 11 is 0. The van der Waals surface area contributed by atoms with E-state index in [1.807, 2.05) is 0 Å². The fraction of sp³-hybridized carbons (Fsp3) is 0.100. The van der Waals surface area contributed by atoms with E-state index in [-0.39, 0.29) is 17.0 Å². The third-order valence-corrected chi connectivity index (χ3v) is 2.05. The summed E-state index contributed by atoms with van der Waals surface area (Å²) < 4.78 is 43.0. The SMILES string of the molecule is Nc1ccc(-c2cnco2)c(C(F)(F)F)c1. The average molecular weight is 228 g/mol. The first-order chi connectivity index (χ1) is 7.48. The number of hydrogen-bond donors (Lipinski definition) is 1. The van der Waals surface area contributed by atoms with Gasteiger partial charge in [0, 0.05) is 11.3 Å². The van der Waals surface area contributed by atoms with E-state index in [4.69, 9.17) is 10.2 Å². The van der Waals surface area contributed by atoms with Crippen molar-refractivity contribution in [2.75, 3.05) is 5.73 Å². The molecule has 0 fully saturated rings. The van der Waals surface area contributed by atoms with Gasteiger partial charge in [0.1, 0.15) is 0 Å². The van der Waals surface area contributed by atoms with E-state index >= 15 is 0 Å². The molecule has 16 heavy (non-hydrogen) atoms. The Labute approximate surface area is 88.7 Å². The van der Waals surface area contributed by atoms with Crippen molar-refractivity contribution in [1.82, 2.24) is 4.98 Å². The number of anilines is 1. The lowest BCUT2D eigenvalue weighted by molar-refractivity contribution is -0.137. The van der Waals surface area contributed by atoms with Crippen molar-refractivity contribution in [3.05, 3.63) is 36.4 Å². The highest BCUT2D eigenvalue weighted by atomic mass is 19.4. The zero-order valence-corrected chi connectivity index (χ0v) is 7.95. The molecule has 2 aromatic rings. The number of nitrogens with zero attached hydrogens (tertiary/aromatic N) is 1. The molecule has 0 unspecified atom stereocenters. The Morgan fingerprint density at radius 2 is 2.00 bits per heavy atom. The highest BCUT2D eigenvalue weighted by Gasteiger charge is 2.34. The molecule has 0 atom stereocenters. The lowest BCUT2D eigenvalue weighted by Crippen LogP contribution is -2.07. The molecule has 0 radical (unpaired) electrons. The number of hydrogen-bond acceptors (Lipinski definition) is 3. The monoisotopic (exact) mass is 228 g/mol. The summed E-state index contributed by atoms with van der Waals surface area (Å²) in [6, 6.07) is 3.52. The van der Waals surface area contributed by atoms with Crippen LogP contribution in [0.5, 0.6) is 0 Å². The molecular formula is C10H7F3N2O. The third kappa shape index (κ3) is 1.86. The molecule has 0 aliphatic rings. The maximum absolute atomic E-state index is 12.7. The van der Waals surface area contributed by atoms with Crippen LogP contribution in [0.3, 0.4) is 0 Å². The largest absolute Gasteiger partial charge is 0.444 e. The first kappa shape index (κ1) is 10.5. The number of halogens is 3. The number of benzene rings is 1. The van der Waals surface area contributed by atoms with Crippen molar-refractivity contribution in [3.63, 3.8) is 0 Å². The number of nitrogen functional groups attached to an aromatic ring is 1. The summed E-state index contributed by atoms with van der Waals surface area (Å²) in [4.78, 5) is 3.58. The summed E-state index contributed by atoms with van der Waals surface area (Å²) in [5, 5.41) is 0. The van der Waals surface area contributed by atoms with Crippen LogP contribution in [0.15, 0.2) is 35.2 Å². The minimum atomic E-state index is -4.47. The molecule has 1 heterocycles. The van der Waals surface area contributed by atoms with Crippen molar-refractivity contribution in [2.45, 2.75) is 6.18 Å². The first-order valence-electron chi connectivity index (χ1n) is 4.34. The molecule has 2 N–H and O–H groups in total. The number of rotatable bonds is 1. The maximum Gasteiger partial charge on any atom is 0.417 e. The smallest absolute Gasteiger partial charge is 0.417 e. The molecule has 1 aromatic heterocycles. The maximum atomic E-state index is 12.7. The van der Waals surface area contributed by atoms with E-state index in [9.17, 15) is 13.2 Å². The van der Waals surface area contributed by atoms with Gasteiger partial charge in [-0.25, -0.2) is 4.98 Å². The first-order valence-corrected chi connectivity index (χ1v) is 4.34. The van der Waals surface area contributed by atoms with Crippen molar-refractivity contribution >= 4 is 5.69 Å². The summed E-state index contributed by atoms with van der Waals surface area (Å²) in [5.74, 6) is 0.0623. The molecule has 0 aliphatic carbocycles. The molecule has 84 valence electrons. The Balaban J connectivity index is 2.62. The number of nitrogens with two attached hydrogens (primary N) is 1. The second-order valence-electron chi connectivity index (χ2n) is 3.17. The van der Waals surface area contributed by atoms with Gasteiger partial charge in [-0.15, -0.1) is 0 Å². The van der Waals surface area contributed by atoms with Gasteiger partial charge in [-0.3, -0.25) is 0 Å². The summed E-state index contributed by atoms with van der Waals surface area (Å²) in [6.45, 7) is 0. The van der Waals surface area contributed by atoms with Crippen molar-refractivity contribution in [2.24, 2.45) is 0 Å². The molecule has 2 rings (SSSR count). The lowest BCUT2D eigenvalue weighted by Gasteiger charge is -2.11. The van der Waals surface area contributed by atoms with Gasteiger partial charge < -0.3 is 10.2 Å². The van der Waals surface area contributed by atoms with Gasteiger partial charge >= 0.3 is 6.18 Å². The van der Waals surface area contributed by atoms with E-state index < -0.39 is 11.7 Å². The molecule has 0 aliphatic heterocycles. The van der Waals surface area contributed by atoms with Gasteiger partial charge in [0.15, 0.2) is 12.2 Å². The molecular weight excluding hydrogens is 221 g/mol. The summed E-state index contributed by atoms with van der Waals surface area (Å²) in [6.07, 6.45) is -2.18. The highest BCUT2D eigenvalue weighted by Crippen LogP contribution is 2.37. The topological polar surface area (TPSA) is 52.0 Å². The Morgan fingerprint density at radius 3 is 2.56 bits per heavy atom. The van der Waals surface area contributed by atoms with Crippen LogP contribution in [0.1, 0.15) is 5.56 Å². The van der Waals surface area contributed by atoms with E-state index in [1.165, 1.54) is 18.3 Å². The van der Waals surface area contributed by atoms with E-state index in [2.05, 4.69) is 4.98 Å². The zero-order chi connectivity index (χ0) is 11.8. The molecule has 0 amide bonds. The quantitative estimate of drug-likeness (QED) is 0.763. The predicted octanol–water partition coefficient (Wildman–Crippen LogP) is 2.94.